The number of aryl methyl sites for hydroxylation is 1. The van der Waals surface area contributed by atoms with Crippen LogP contribution in [0.1, 0.15) is 21.5 Å². The van der Waals surface area contributed by atoms with Gasteiger partial charge in [-0.1, -0.05) is 41.4 Å². The fraction of sp³-hybridized carbons (Fsp3) is 0.160. The summed E-state index contributed by atoms with van der Waals surface area (Å²) in [6.45, 7) is 2.16. The molecule has 2 aromatic heterocycles. The lowest BCUT2D eigenvalue weighted by molar-refractivity contribution is 0.0984. The number of carbonyl (C=O) groups excluding carboxylic acids is 1. The average Bonchev–Trinajstić information content (AvgIpc) is 2.76. The third-order valence-electron chi connectivity index (χ3n) is 5.19. The molecule has 0 aliphatic rings. The van der Waals surface area contributed by atoms with Gasteiger partial charge in [0.05, 0.1) is 12.1 Å². The van der Waals surface area contributed by atoms with Gasteiger partial charge in [0.15, 0.2) is 0 Å². The van der Waals surface area contributed by atoms with Crippen LogP contribution in [0.15, 0.2) is 67.0 Å². The summed E-state index contributed by atoms with van der Waals surface area (Å²) in [5.41, 5.74) is 3.77. The van der Waals surface area contributed by atoms with Gasteiger partial charge in [0.1, 0.15) is 5.82 Å². The molecule has 0 atom stereocenters. The number of anilines is 2. The van der Waals surface area contributed by atoms with Crippen LogP contribution < -0.4 is 9.80 Å². The summed E-state index contributed by atoms with van der Waals surface area (Å²) >= 11 is 12.6. The maximum Gasteiger partial charge on any atom is 0.258 e. The third kappa shape index (κ3) is 4.54. The summed E-state index contributed by atoms with van der Waals surface area (Å²) in [7, 11) is 3.88. The predicted octanol–water partition coefficient (Wildman–Crippen LogP) is 6.16. The highest BCUT2D eigenvalue weighted by Crippen LogP contribution is 2.31. The zero-order valence-corrected chi connectivity index (χ0v) is 19.5. The normalized spacial score (nSPS) is 10.9. The lowest BCUT2D eigenvalue weighted by Gasteiger charge is -2.26. The van der Waals surface area contributed by atoms with Gasteiger partial charge in [-0.05, 0) is 48.9 Å². The second-order valence-corrected chi connectivity index (χ2v) is 8.64. The van der Waals surface area contributed by atoms with Crippen molar-refractivity contribution in [3.63, 3.8) is 0 Å². The highest BCUT2D eigenvalue weighted by molar-refractivity contribution is 6.35. The molecule has 0 saturated heterocycles. The van der Waals surface area contributed by atoms with E-state index in [1.807, 2.05) is 50.2 Å². The SMILES string of the molecule is Cc1cnccc1C(=O)N(Cc1cc2ccccc2nc1N(C)C)c1cc(Cl)cc(Cl)c1. The Bertz CT molecular complexity index is 1290. The maximum atomic E-state index is 13.7. The molecule has 162 valence electrons. The molecule has 4 rings (SSSR count). The van der Waals surface area contributed by atoms with Crippen molar-refractivity contribution in [3.05, 3.63) is 93.7 Å². The van der Waals surface area contributed by atoms with Crippen LogP contribution in [0.2, 0.25) is 10.0 Å². The van der Waals surface area contributed by atoms with Gasteiger partial charge in [-0.2, -0.15) is 0 Å². The fourth-order valence-electron chi connectivity index (χ4n) is 3.66. The molecule has 0 aliphatic heterocycles. The van der Waals surface area contributed by atoms with Crippen LogP contribution in [0, 0.1) is 6.92 Å². The number of hydrogen-bond donors (Lipinski definition) is 0. The first-order valence-corrected chi connectivity index (χ1v) is 10.8. The van der Waals surface area contributed by atoms with Crippen molar-refractivity contribution in [2.45, 2.75) is 13.5 Å². The van der Waals surface area contributed by atoms with E-state index < -0.39 is 0 Å². The molecule has 0 unspecified atom stereocenters. The summed E-state index contributed by atoms with van der Waals surface area (Å²) in [4.78, 5) is 26.3. The van der Waals surface area contributed by atoms with Crippen LogP contribution in [0.25, 0.3) is 10.9 Å². The molecule has 32 heavy (non-hydrogen) atoms. The molecule has 0 bridgehead atoms. The molecule has 2 aromatic carbocycles. The Morgan fingerprint density at radius 2 is 1.72 bits per heavy atom. The molecule has 5 nitrogen and oxygen atoms in total. The molecule has 1 amide bonds. The molecular formula is C25H22Cl2N4O. The number of carbonyl (C=O) groups is 1. The van der Waals surface area contributed by atoms with E-state index in [0.717, 1.165) is 27.8 Å². The number of para-hydroxylation sites is 1. The van der Waals surface area contributed by atoms with E-state index in [9.17, 15) is 4.79 Å². The van der Waals surface area contributed by atoms with Crippen molar-refractivity contribution in [2.24, 2.45) is 0 Å². The van der Waals surface area contributed by atoms with Crippen LogP contribution >= 0.6 is 23.2 Å². The first kappa shape index (κ1) is 22.1. The number of pyridine rings is 2. The maximum absolute atomic E-state index is 13.7. The first-order valence-electron chi connectivity index (χ1n) is 10.1. The molecule has 0 radical (unpaired) electrons. The van der Waals surface area contributed by atoms with Gasteiger partial charge in [0.2, 0.25) is 0 Å². The Morgan fingerprint density at radius 3 is 2.41 bits per heavy atom. The highest BCUT2D eigenvalue weighted by atomic mass is 35.5. The van der Waals surface area contributed by atoms with Crippen LogP contribution in [-0.4, -0.2) is 30.0 Å². The summed E-state index contributed by atoms with van der Waals surface area (Å²) < 4.78 is 0. The highest BCUT2D eigenvalue weighted by Gasteiger charge is 2.23. The Labute approximate surface area is 197 Å². The lowest BCUT2D eigenvalue weighted by Crippen LogP contribution is -2.32. The zero-order chi connectivity index (χ0) is 22.8. The number of fused-ring (bicyclic) bond motifs is 1. The van der Waals surface area contributed by atoms with Crippen molar-refractivity contribution < 1.29 is 4.79 Å². The molecule has 0 saturated carbocycles. The summed E-state index contributed by atoms with van der Waals surface area (Å²) in [5.74, 6) is 0.627. The van der Waals surface area contributed by atoms with Gasteiger partial charge in [-0.15, -0.1) is 0 Å². The molecule has 0 N–H and O–H groups in total. The molecule has 7 heteroatoms. The number of rotatable bonds is 5. The predicted molar refractivity (Wildman–Crippen MR) is 132 cm³/mol. The minimum atomic E-state index is -0.166. The van der Waals surface area contributed by atoms with Crippen LogP contribution in [0.3, 0.4) is 0 Å². The molecular weight excluding hydrogens is 443 g/mol. The Kier molecular flexibility index (Phi) is 6.31. The van der Waals surface area contributed by atoms with Gasteiger partial charge in [0.25, 0.3) is 5.91 Å². The molecule has 0 aliphatic carbocycles. The minimum absolute atomic E-state index is 0.166. The second-order valence-electron chi connectivity index (χ2n) is 7.77. The fourth-order valence-corrected chi connectivity index (χ4v) is 4.17. The second kappa shape index (κ2) is 9.15. The molecule has 0 fully saturated rings. The lowest BCUT2D eigenvalue weighted by atomic mass is 10.1. The van der Waals surface area contributed by atoms with Crippen molar-refractivity contribution in [1.82, 2.24) is 9.97 Å². The van der Waals surface area contributed by atoms with Crippen LogP contribution in [0.4, 0.5) is 11.5 Å². The van der Waals surface area contributed by atoms with Gasteiger partial charge in [-0.3, -0.25) is 9.78 Å². The number of nitrogens with zero attached hydrogens (tertiary/aromatic N) is 4. The molecule has 0 spiro atoms. The summed E-state index contributed by atoms with van der Waals surface area (Å²) in [6.07, 6.45) is 3.30. The Morgan fingerprint density at radius 1 is 1.00 bits per heavy atom. The van der Waals surface area contributed by atoms with E-state index in [4.69, 9.17) is 28.2 Å². The van der Waals surface area contributed by atoms with Gasteiger partial charge in [0, 0.05) is 58.7 Å². The van der Waals surface area contributed by atoms with Crippen molar-refractivity contribution >= 4 is 51.5 Å². The topological polar surface area (TPSA) is 49.3 Å². The van der Waals surface area contributed by atoms with Crippen molar-refractivity contribution in [1.29, 1.82) is 0 Å². The van der Waals surface area contributed by atoms with Gasteiger partial charge in [-0.25, -0.2) is 4.98 Å². The van der Waals surface area contributed by atoms with E-state index in [-0.39, 0.29) is 5.91 Å². The molecule has 4 aromatic rings. The van der Waals surface area contributed by atoms with E-state index in [1.54, 1.807) is 41.6 Å². The van der Waals surface area contributed by atoms with Crippen LogP contribution in [0.5, 0.6) is 0 Å². The largest absolute Gasteiger partial charge is 0.362 e. The van der Waals surface area contributed by atoms with Crippen molar-refractivity contribution in [2.75, 3.05) is 23.9 Å². The van der Waals surface area contributed by atoms with Gasteiger partial charge < -0.3 is 9.80 Å². The van der Waals surface area contributed by atoms with E-state index in [1.165, 1.54) is 0 Å². The van der Waals surface area contributed by atoms with E-state index >= 15 is 0 Å². The monoisotopic (exact) mass is 464 g/mol. The smallest absolute Gasteiger partial charge is 0.258 e. The third-order valence-corrected chi connectivity index (χ3v) is 5.62. The quantitative estimate of drug-likeness (QED) is 0.354. The minimum Gasteiger partial charge on any atom is -0.362 e. The van der Waals surface area contributed by atoms with E-state index in [0.29, 0.717) is 27.8 Å². The standard InChI is InChI=1S/C25H22Cl2N4O/c1-16-14-28-9-8-22(16)25(32)31(21-12-19(26)11-20(27)13-21)15-18-10-17-6-4-5-7-23(17)29-24(18)30(2)3/h4-14H,15H2,1-3H3. The summed E-state index contributed by atoms with van der Waals surface area (Å²) in [5, 5.41) is 1.92. The Balaban J connectivity index is 1.87. The average molecular weight is 465 g/mol. The first-order chi connectivity index (χ1) is 15.3. The number of amides is 1. The van der Waals surface area contributed by atoms with Crippen molar-refractivity contribution in [3.8, 4) is 0 Å². The number of hydrogen-bond acceptors (Lipinski definition) is 4. The number of halogens is 2. The van der Waals surface area contributed by atoms with Crippen LogP contribution in [-0.2, 0) is 6.54 Å². The number of benzene rings is 2. The number of aromatic nitrogens is 2. The zero-order valence-electron chi connectivity index (χ0n) is 18.0. The van der Waals surface area contributed by atoms with Gasteiger partial charge >= 0.3 is 0 Å². The summed E-state index contributed by atoms with van der Waals surface area (Å²) in [6, 6.07) is 16.9. The molecule has 2 heterocycles. The van der Waals surface area contributed by atoms with E-state index in [2.05, 4.69) is 11.1 Å². The Hall–Kier alpha value is -3.15.